The first kappa shape index (κ1) is 13.2. The zero-order valence-corrected chi connectivity index (χ0v) is 11.6. The Hall–Kier alpha value is -1.21. The first-order valence-electron chi connectivity index (χ1n) is 6.26. The maximum Gasteiger partial charge on any atom is 0.121 e. The van der Waals surface area contributed by atoms with E-state index in [9.17, 15) is 0 Å². The van der Waals surface area contributed by atoms with E-state index in [2.05, 4.69) is 57.2 Å². The van der Waals surface area contributed by atoms with Crippen LogP contribution in [0.2, 0.25) is 12.6 Å². The van der Waals surface area contributed by atoms with E-state index < -0.39 is 0 Å². The fourth-order valence-corrected chi connectivity index (χ4v) is 2.58. The summed E-state index contributed by atoms with van der Waals surface area (Å²) in [7, 11) is 2.11. The highest BCUT2D eigenvalue weighted by Crippen LogP contribution is 2.38. The van der Waals surface area contributed by atoms with Crippen molar-refractivity contribution < 1.29 is 0 Å². The van der Waals surface area contributed by atoms with E-state index in [1.807, 2.05) is 12.9 Å². The largest absolute Gasteiger partial charge is 0.121 e. The maximum absolute atomic E-state index is 6.42. The van der Waals surface area contributed by atoms with Crippen LogP contribution in [0.5, 0.6) is 0 Å². The Bertz CT molecular complexity index is 503. The van der Waals surface area contributed by atoms with Crippen LogP contribution in [0.3, 0.4) is 0 Å². The van der Waals surface area contributed by atoms with Gasteiger partial charge in [0.2, 0.25) is 0 Å². The second-order valence-electron chi connectivity index (χ2n) is 4.69. The molecule has 0 saturated carbocycles. The molecule has 2 aliphatic rings. The first-order valence-corrected chi connectivity index (χ1v) is 6.64. The predicted octanol–water partition coefficient (Wildman–Crippen LogP) is 4.83. The number of halogens is 1. The van der Waals surface area contributed by atoms with Crippen molar-refractivity contribution in [1.82, 2.24) is 0 Å². The van der Waals surface area contributed by atoms with Crippen LogP contribution in [0, 0.1) is 5.92 Å². The molecule has 0 heterocycles. The lowest BCUT2D eigenvalue weighted by Crippen LogP contribution is -2.08. The third-order valence-electron chi connectivity index (χ3n) is 3.40. The number of rotatable bonds is 2. The molecule has 0 aromatic rings. The molecule has 0 bridgehead atoms. The Morgan fingerprint density at radius 1 is 1.28 bits per heavy atom. The molecule has 0 N–H and O–H groups in total. The van der Waals surface area contributed by atoms with Crippen LogP contribution in [-0.4, -0.2) is 7.28 Å². The Labute approximate surface area is 115 Å². The van der Waals surface area contributed by atoms with Crippen molar-refractivity contribution in [3.63, 3.8) is 0 Å². The highest BCUT2D eigenvalue weighted by molar-refractivity contribution is 6.40. The van der Waals surface area contributed by atoms with Gasteiger partial charge in [-0.3, -0.25) is 0 Å². The SMILES string of the molecule is C=C1C=C(C2=CC=CC=C[C@H]2C)C(Cl)=CC1[B]C. The van der Waals surface area contributed by atoms with Crippen LogP contribution in [0.15, 0.2) is 70.9 Å². The molecule has 0 aliphatic heterocycles. The third kappa shape index (κ3) is 2.62. The van der Waals surface area contributed by atoms with Crippen LogP contribution >= 0.6 is 11.6 Å². The molecule has 1 radical (unpaired) electrons. The standard InChI is InChI=1S/C16H17BCl/c1-11-7-5-4-6-8-13(11)14-9-12(2)15(17-3)10-16(14)18/h4-11,15H,2H2,1,3H3/t11-,15?/m1/s1. The molecule has 0 amide bonds. The summed E-state index contributed by atoms with van der Waals surface area (Å²) in [6, 6.07) is 0. The molecule has 2 atom stereocenters. The van der Waals surface area contributed by atoms with E-state index in [-0.39, 0.29) is 5.82 Å². The number of hydrogen-bond donors (Lipinski definition) is 0. The lowest BCUT2D eigenvalue weighted by Gasteiger charge is -2.23. The molecule has 0 nitrogen and oxygen atoms in total. The zero-order valence-electron chi connectivity index (χ0n) is 10.9. The number of allylic oxidation sites excluding steroid dienone is 11. The second kappa shape index (κ2) is 5.62. The van der Waals surface area contributed by atoms with Gasteiger partial charge in [-0.15, -0.1) is 0 Å². The Kier molecular flexibility index (Phi) is 4.13. The quantitative estimate of drug-likeness (QED) is 0.620. The molecule has 0 aromatic heterocycles. The van der Waals surface area contributed by atoms with Crippen LogP contribution < -0.4 is 0 Å². The highest BCUT2D eigenvalue weighted by atomic mass is 35.5. The topological polar surface area (TPSA) is 0 Å². The van der Waals surface area contributed by atoms with E-state index >= 15 is 0 Å². The van der Waals surface area contributed by atoms with Gasteiger partial charge in [-0.1, -0.05) is 80.0 Å². The summed E-state index contributed by atoms with van der Waals surface area (Å²) in [5.74, 6) is 0.623. The fourth-order valence-electron chi connectivity index (χ4n) is 2.28. The molecule has 0 saturated heterocycles. The lowest BCUT2D eigenvalue weighted by atomic mass is 9.62. The van der Waals surface area contributed by atoms with Crippen molar-refractivity contribution in [2.45, 2.75) is 19.6 Å². The molecule has 2 rings (SSSR count). The van der Waals surface area contributed by atoms with Gasteiger partial charge in [0.1, 0.15) is 7.28 Å². The molecule has 2 aliphatic carbocycles. The Morgan fingerprint density at radius 3 is 2.78 bits per heavy atom. The summed E-state index contributed by atoms with van der Waals surface area (Å²) in [5, 5.41) is 0.826. The van der Waals surface area contributed by atoms with Crippen LogP contribution in [-0.2, 0) is 0 Å². The molecule has 91 valence electrons. The van der Waals surface area contributed by atoms with Gasteiger partial charge in [0, 0.05) is 5.03 Å². The first-order chi connectivity index (χ1) is 8.63. The minimum Gasteiger partial charge on any atom is -0.0960 e. The molecule has 0 fully saturated rings. The molecule has 0 spiro atoms. The van der Waals surface area contributed by atoms with Gasteiger partial charge in [-0.25, -0.2) is 0 Å². The van der Waals surface area contributed by atoms with E-state index in [1.54, 1.807) is 0 Å². The molecular weight excluding hydrogens is 238 g/mol. The van der Waals surface area contributed by atoms with E-state index in [4.69, 9.17) is 11.6 Å². The Balaban J connectivity index is 2.37. The normalized spacial score (nSPS) is 27.3. The molecular formula is C16H17BCl. The summed E-state index contributed by atoms with van der Waals surface area (Å²) in [6.45, 7) is 8.34. The molecule has 2 heteroatoms. The Morgan fingerprint density at radius 2 is 2.06 bits per heavy atom. The smallest absolute Gasteiger partial charge is 0.0960 e. The monoisotopic (exact) mass is 255 g/mol. The highest BCUT2D eigenvalue weighted by Gasteiger charge is 2.21. The van der Waals surface area contributed by atoms with Gasteiger partial charge in [-0.05, 0) is 22.9 Å². The van der Waals surface area contributed by atoms with Crippen molar-refractivity contribution >= 4 is 18.9 Å². The van der Waals surface area contributed by atoms with Gasteiger partial charge in [0.05, 0.1) is 0 Å². The summed E-state index contributed by atoms with van der Waals surface area (Å²) in [6.07, 6.45) is 14.7. The number of hydrogen-bond acceptors (Lipinski definition) is 0. The summed E-state index contributed by atoms with van der Waals surface area (Å²) in [4.78, 5) is 0. The van der Waals surface area contributed by atoms with E-state index in [0.29, 0.717) is 5.92 Å². The summed E-state index contributed by atoms with van der Waals surface area (Å²) >= 11 is 6.42. The molecule has 0 aromatic carbocycles. The van der Waals surface area contributed by atoms with Crippen molar-refractivity contribution in [2.24, 2.45) is 5.92 Å². The van der Waals surface area contributed by atoms with Crippen molar-refractivity contribution in [3.05, 3.63) is 70.9 Å². The van der Waals surface area contributed by atoms with Gasteiger partial charge in [-0.2, -0.15) is 0 Å². The average Bonchev–Trinajstić information content (AvgIpc) is 2.56. The van der Waals surface area contributed by atoms with E-state index in [0.717, 1.165) is 16.2 Å². The lowest BCUT2D eigenvalue weighted by molar-refractivity contribution is 0.877. The van der Waals surface area contributed by atoms with Crippen LogP contribution in [0.4, 0.5) is 0 Å². The molecule has 18 heavy (non-hydrogen) atoms. The van der Waals surface area contributed by atoms with Crippen LogP contribution in [0.1, 0.15) is 6.92 Å². The fraction of sp³-hybridized carbons (Fsp3) is 0.250. The minimum atomic E-state index is 0.258. The van der Waals surface area contributed by atoms with E-state index in [1.165, 1.54) is 5.57 Å². The second-order valence-corrected chi connectivity index (χ2v) is 5.09. The minimum absolute atomic E-state index is 0.258. The third-order valence-corrected chi connectivity index (χ3v) is 3.73. The van der Waals surface area contributed by atoms with Gasteiger partial charge in [0.15, 0.2) is 0 Å². The van der Waals surface area contributed by atoms with Gasteiger partial charge < -0.3 is 0 Å². The van der Waals surface area contributed by atoms with Crippen molar-refractivity contribution in [2.75, 3.05) is 0 Å². The summed E-state index contributed by atoms with van der Waals surface area (Å²) < 4.78 is 0. The zero-order chi connectivity index (χ0) is 13.1. The molecule has 1 unspecified atom stereocenters. The average molecular weight is 256 g/mol. The van der Waals surface area contributed by atoms with Crippen LogP contribution in [0.25, 0.3) is 0 Å². The van der Waals surface area contributed by atoms with Crippen molar-refractivity contribution in [3.8, 4) is 0 Å². The van der Waals surface area contributed by atoms with Gasteiger partial charge in [0.25, 0.3) is 0 Å². The van der Waals surface area contributed by atoms with Gasteiger partial charge >= 0.3 is 0 Å². The van der Waals surface area contributed by atoms with Crippen molar-refractivity contribution in [1.29, 1.82) is 0 Å². The summed E-state index contributed by atoms with van der Waals surface area (Å²) in [5.41, 5.74) is 3.45. The predicted molar refractivity (Wildman–Crippen MR) is 82.1 cm³/mol. The maximum atomic E-state index is 6.42.